The van der Waals surface area contributed by atoms with Crippen LogP contribution < -0.4 is 4.90 Å². The molecule has 0 fully saturated rings. The Kier molecular flexibility index (Phi) is 4.29. The number of nitrogens with zero attached hydrogens (tertiary/aromatic N) is 1. The molecule has 1 aliphatic heterocycles. The van der Waals surface area contributed by atoms with E-state index in [0.717, 1.165) is 21.5 Å². The van der Waals surface area contributed by atoms with Crippen LogP contribution in [0.25, 0.3) is 0 Å². The number of hydrogen-bond acceptors (Lipinski definition) is 2. The molecule has 0 atom stereocenters. The van der Waals surface area contributed by atoms with E-state index in [2.05, 4.69) is 22.0 Å². The van der Waals surface area contributed by atoms with Crippen LogP contribution in [0.5, 0.6) is 0 Å². The maximum Gasteiger partial charge on any atom is 0.259 e. The number of halogens is 2. The number of amides is 1. The summed E-state index contributed by atoms with van der Waals surface area (Å²) in [7, 11) is 0. The predicted octanol–water partition coefficient (Wildman–Crippen LogP) is 5.03. The van der Waals surface area contributed by atoms with Crippen molar-refractivity contribution in [1.82, 2.24) is 0 Å². The van der Waals surface area contributed by atoms with Crippen LogP contribution >= 0.6 is 39.3 Å². The quantitative estimate of drug-likeness (QED) is 0.679. The molecule has 108 valence electrons. The molecule has 0 unspecified atom stereocenters. The van der Waals surface area contributed by atoms with Crippen molar-refractivity contribution >= 4 is 50.9 Å². The Balaban J connectivity index is 2.00. The molecular weight excluding hydrogens is 370 g/mol. The van der Waals surface area contributed by atoms with Crippen molar-refractivity contribution in [2.24, 2.45) is 0 Å². The second-order valence-electron chi connectivity index (χ2n) is 4.83. The number of carbonyl (C=O) groups excluding carboxylic acids is 1. The Morgan fingerprint density at radius 2 is 2.10 bits per heavy atom. The average Bonchev–Trinajstić information content (AvgIpc) is 2.90. The molecule has 0 aromatic heterocycles. The van der Waals surface area contributed by atoms with Crippen LogP contribution in [-0.4, -0.2) is 18.7 Å². The van der Waals surface area contributed by atoms with E-state index in [1.807, 2.05) is 35.4 Å². The second kappa shape index (κ2) is 6.03. The number of rotatable bonds is 2. The van der Waals surface area contributed by atoms with Gasteiger partial charge < -0.3 is 4.90 Å². The summed E-state index contributed by atoms with van der Waals surface area (Å²) in [5, 5.41) is 0.501. The van der Waals surface area contributed by atoms with Crippen LogP contribution in [0.3, 0.4) is 0 Å². The fraction of sp³-hybridized carbons (Fsp3) is 0.188. The van der Waals surface area contributed by atoms with Gasteiger partial charge >= 0.3 is 0 Å². The molecule has 2 aromatic carbocycles. The minimum absolute atomic E-state index is 0.0345. The van der Waals surface area contributed by atoms with Gasteiger partial charge in [-0.1, -0.05) is 33.6 Å². The van der Waals surface area contributed by atoms with E-state index in [1.54, 1.807) is 17.8 Å². The lowest BCUT2D eigenvalue weighted by molar-refractivity contribution is 0.0989. The summed E-state index contributed by atoms with van der Waals surface area (Å²) in [6.45, 7) is 0.699. The van der Waals surface area contributed by atoms with Gasteiger partial charge in [0.25, 0.3) is 5.91 Å². The molecule has 1 amide bonds. The van der Waals surface area contributed by atoms with E-state index >= 15 is 0 Å². The summed E-state index contributed by atoms with van der Waals surface area (Å²) in [5.41, 5.74) is 2.74. The number of carbonyl (C=O) groups is 1. The molecule has 2 aromatic rings. The predicted molar refractivity (Wildman–Crippen MR) is 92.8 cm³/mol. The lowest BCUT2D eigenvalue weighted by Crippen LogP contribution is -2.29. The highest BCUT2D eigenvalue weighted by atomic mass is 79.9. The van der Waals surface area contributed by atoms with E-state index in [4.69, 9.17) is 11.6 Å². The molecule has 0 saturated heterocycles. The number of hydrogen-bond donors (Lipinski definition) is 0. The first-order valence-electron chi connectivity index (χ1n) is 6.54. The Labute approximate surface area is 141 Å². The maximum atomic E-state index is 12.8. The van der Waals surface area contributed by atoms with Gasteiger partial charge in [0, 0.05) is 21.6 Å². The molecule has 5 heteroatoms. The van der Waals surface area contributed by atoms with Crippen molar-refractivity contribution in [3.8, 4) is 0 Å². The van der Waals surface area contributed by atoms with Gasteiger partial charge in [0.1, 0.15) is 0 Å². The molecule has 0 saturated carbocycles. The zero-order chi connectivity index (χ0) is 15.0. The fourth-order valence-electron chi connectivity index (χ4n) is 2.50. The monoisotopic (exact) mass is 381 g/mol. The van der Waals surface area contributed by atoms with Crippen LogP contribution in [0.2, 0.25) is 5.02 Å². The van der Waals surface area contributed by atoms with Crippen molar-refractivity contribution in [2.75, 3.05) is 17.7 Å². The van der Waals surface area contributed by atoms with Crippen molar-refractivity contribution in [3.05, 3.63) is 57.0 Å². The van der Waals surface area contributed by atoms with Crippen molar-refractivity contribution < 1.29 is 4.79 Å². The summed E-state index contributed by atoms with van der Waals surface area (Å²) in [6, 6.07) is 11.6. The maximum absolute atomic E-state index is 12.8. The van der Waals surface area contributed by atoms with Crippen molar-refractivity contribution in [2.45, 2.75) is 11.3 Å². The Morgan fingerprint density at radius 1 is 1.29 bits per heavy atom. The van der Waals surface area contributed by atoms with Gasteiger partial charge in [0.2, 0.25) is 0 Å². The highest BCUT2D eigenvalue weighted by molar-refractivity contribution is 9.10. The Bertz CT molecular complexity index is 719. The second-order valence-corrected chi connectivity index (χ2v) is 7.03. The molecular formula is C16H13BrClNOS. The average molecular weight is 383 g/mol. The summed E-state index contributed by atoms with van der Waals surface area (Å²) in [5.74, 6) is -0.0345. The number of thioether (sulfide) groups is 1. The molecule has 3 rings (SSSR count). The highest BCUT2D eigenvalue weighted by Gasteiger charge is 2.27. The van der Waals surface area contributed by atoms with Gasteiger partial charge in [-0.15, -0.1) is 11.8 Å². The number of anilines is 1. The number of benzene rings is 2. The summed E-state index contributed by atoms with van der Waals surface area (Å²) < 4.78 is 0.977. The van der Waals surface area contributed by atoms with Gasteiger partial charge in [-0.3, -0.25) is 4.79 Å². The smallest absolute Gasteiger partial charge is 0.259 e. The molecule has 1 aliphatic rings. The third-order valence-electron chi connectivity index (χ3n) is 3.59. The van der Waals surface area contributed by atoms with Crippen LogP contribution in [0.4, 0.5) is 5.69 Å². The van der Waals surface area contributed by atoms with E-state index in [-0.39, 0.29) is 5.91 Å². The Hall–Kier alpha value is -0.970. The zero-order valence-electron chi connectivity index (χ0n) is 11.4. The van der Waals surface area contributed by atoms with Crippen LogP contribution in [-0.2, 0) is 6.42 Å². The lowest BCUT2D eigenvalue weighted by atomic mass is 10.1. The largest absolute Gasteiger partial charge is 0.308 e. The molecule has 2 nitrogen and oxygen atoms in total. The van der Waals surface area contributed by atoms with Crippen molar-refractivity contribution in [3.63, 3.8) is 0 Å². The SMILES string of the molecule is CSc1ccc(Cl)c(C(=O)N2CCc3ccc(Br)cc32)c1. The standard InChI is InChI=1S/C16H13BrClNOS/c1-21-12-4-5-14(18)13(9-12)16(20)19-7-6-10-2-3-11(17)8-15(10)19/h2-5,8-9H,6-7H2,1H3. The van der Waals surface area contributed by atoms with Gasteiger partial charge in [-0.25, -0.2) is 0 Å². The minimum Gasteiger partial charge on any atom is -0.308 e. The normalized spacial score (nSPS) is 13.4. The van der Waals surface area contributed by atoms with Gasteiger partial charge in [-0.05, 0) is 48.6 Å². The molecule has 0 aliphatic carbocycles. The first-order chi connectivity index (χ1) is 10.1. The van der Waals surface area contributed by atoms with E-state index < -0.39 is 0 Å². The molecule has 0 radical (unpaired) electrons. The van der Waals surface area contributed by atoms with Crippen molar-refractivity contribution in [1.29, 1.82) is 0 Å². The fourth-order valence-corrected chi connectivity index (χ4v) is 3.49. The van der Waals surface area contributed by atoms with Gasteiger partial charge in [-0.2, -0.15) is 0 Å². The summed E-state index contributed by atoms with van der Waals surface area (Å²) in [6.07, 6.45) is 2.87. The zero-order valence-corrected chi connectivity index (χ0v) is 14.6. The lowest BCUT2D eigenvalue weighted by Gasteiger charge is -2.18. The highest BCUT2D eigenvalue weighted by Crippen LogP contribution is 2.33. The topological polar surface area (TPSA) is 20.3 Å². The van der Waals surface area contributed by atoms with Gasteiger partial charge in [0.05, 0.1) is 10.6 Å². The van der Waals surface area contributed by atoms with Crippen LogP contribution in [0.15, 0.2) is 45.8 Å². The molecule has 0 spiro atoms. The minimum atomic E-state index is -0.0345. The summed E-state index contributed by atoms with van der Waals surface area (Å²) >= 11 is 11.3. The van der Waals surface area contributed by atoms with Crippen LogP contribution in [0.1, 0.15) is 15.9 Å². The Morgan fingerprint density at radius 3 is 2.86 bits per heavy atom. The summed E-state index contributed by atoms with van der Waals surface area (Å²) in [4.78, 5) is 15.7. The molecule has 21 heavy (non-hydrogen) atoms. The molecule has 0 N–H and O–H groups in total. The number of fused-ring (bicyclic) bond motifs is 1. The molecule has 1 heterocycles. The third kappa shape index (κ3) is 2.85. The third-order valence-corrected chi connectivity index (χ3v) is 5.14. The van der Waals surface area contributed by atoms with E-state index in [1.165, 1.54) is 5.56 Å². The molecule has 0 bridgehead atoms. The van der Waals surface area contributed by atoms with Gasteiger partial charge in [0.15, 0.2) is 0 Å². The van der Waals surface area contributed by atoms with E-state index in [9.17, 15) is 4.79 Å². The first kappa shape index (κ1) is 14.9. The first-order valence-corrected chi connectivity index (χ1v) is 8.93. The van der Waals surface area contributed by atoms with Crippen LogP contribution in [0, 0.1) is 0 Å². The van der Waals surface area contributed by atoms with E-state index in [0.29, 0.717) is 17.1 Å².